The van der Waals surface area contributed by atoms with Crippen LogP contribution in [-0.2, 0) is 4.79 Å². The highest BCUT2D eigenvalue weighted by Crippen LogP contribution is 2.31. The number of aryl methyl sites for hydroxylation is 1. The maximum Gasteiger partial charge on any atom is 0.251 e. The summed E-state index contributed by atoms with van der Waals surface area (Å²) in [5.74, 6) is 1.14. The Bertz CT molecular complexity index is 594. The molecular weight excluding hydrogens is 312 g/mol. The Labute approximate surface area is 151 Å². The van der Waals surface area contributed by atoms with E-state index < -0.39 is 0 Å². The highest BCUT2D eigenvalue weighted by molar-refractivity contribution is 5.94. The van der Waals surface area contributed by atoms with E-state index in [0.29, 0.717) is 24.2 Å². The Morgan fingerprint density at radius 2 is 2.04 bits per heavy atom. The third-order valence-electron chi connectivity index (χ3n) is 4.77. The fourth-order valence-corrected chi connectivity index (χ4v) is 3.00. The molecule has 138 valence electrons. The minimum Gasteiger partial charge on any atom is -0.382 e. The molecule has 0 saturated heterocycles. The first-order valence-electron chi connectivity index (χ1n) is 9.66. The Kier molecular flexibility index (Phi) is 7.48. The van der Waals surface area contributed by atoms with Crippen molar-refractivity contribution in [2.45, 2.75) is 71.8 Å². The summed E-state index contributed by atoms with van der Waals surface area (Å²) in [6.07, 6.45) is 6.95. The van der Waals surface area contributed by atoms with Gasteiger partial charge in [-0.05, 0) is 56.4 Å². The van der Waals surface area contributed by atoms with Gasteiger partial charge in [0.1, 0.15) is 5.78 Å². The second-order valence-electron chi connectivity index (χ2n) is 7.41. The van der Waals surface area contributed by atoms with Gasteiger partial charge < -0.3 is 10.6 Å². The number of rotatable bonds is 11. The highest BCUT2D eigenvalue weighted by Gasteiger charge is 2.20. The molecule has 0 bridgehead atoms. The Morgan fingerprint density at radius 1 is 1.28 bits per heavy atom. The zero-order valence-corrected chi connectivity index (χ0v) is 15.9. The van der Waals surface area contributed by atoms with Crippen molar-refractivity contribution in [3.05, 3.63) is 29.3 Å². The minimum atomic E-state index is -0.00177. The standard InChI is InChI=1S/C21H32N2O2/c1-4-5-6-19(24)14-16(3)23-20-10-9-18(13-15(20)2)21(25)22-12-11-17-7-8-17/h9-10,13,16-17,23H,4-8,11-12,14H2,1-3H3,(H,22,25)/t16-/m1/s1. The molecule has 0 heterocycles. The largest absolute Gasteiger partial charge is 0.382 e. The van der Waals surface area contributed by atoms with Crippen LogP contribution < -0.4 is 10.6 Å². The molecular formula is C21H32N2O2. The zero-order valence-electron chi connectivity index (χ0n) is 15.9. The number of ketones is 1. The van der Waals surface area contributed by atoms with Crippen molar-refractivity contribution in [3.8, 4) is 0 Å². The Balaban J connectivity index is 1.83. The fraction of sp³-hybridized carbons (Fsp3) is 0.619. The average molecular weight is 344 g/mol. The van der Waals surface area contributed by atoms with E-state index in [2.05, 4.69) is 17.6 Å². The fourth-order valence-electron chi connectivity index (χ4n) is 3.00. The molecule has 25 heavy (non-hydrogen) atoms. The van der Waals surface area contributed by atoms with Crippen LogP contribution in [0, 0.1) is 12.8 Å². The van der Waals surface area contributed by atoms with Crippen LogP contribution in [0.15, 0.2) is 18.2 Å². The van der Waals surface area contributed by atoms with Crippen molar-refractivity contribution in [1.29, 1.82) is 0 Å². The van der Waals surface area contributed by atoms with Gasteiger partial charge in [-0.1, -0.05) is 26.2 Å². The smallest absolute Gasteiger partial charge is 0.251 e. The Hall–Kier alpha value is -1.84. The van der Waals surface area contributed by atoms with Crippen LogP contribution >= 0.6 is 0 Å². The van der Waals surface area contributed by atoms with Gasteiger partial charge in [0.2, 0.25) is 0 Å². The number of unbranched alkanes of at least 4 members (excludes halogenated alkanes) is 1. The van der Waals surface area contributed by atoms with E-state index in [1.165, 1.54) is 12.8 Å². The third kappa shape index (κ3) is 6.89. The summed E-state index contributed by atoms with van der Waals surface area (Å²) in [5, 5.41) is 6.40. The minimum absolute atomic E-state index is 0.00177. The molecule has 0 aliphatic heterocycles. The second-order valence-corrected chi connectivity index (χ2v) is 7.41. The molecule has 0 aromatic heterocycles. The van der Waals surface area contributed by atoms with Crippen molar-refractivity contribution >= 4 is 17.4 Å². The van der Waals surface area contributed by atoms with Gasteiger partial charge in [0.15, 0.2) is 0 Å². The molecule has 1 aromatic carbocycles. The Morgan fingerprint density at radius 3 is 2.68 bits per heavy atom. The number of Topliss-reactive ketones (excluding diaryl/α,β-unsaturated/α-hetero) is 1. The maximum atomic E-state index is 12.2. The SMILES string of the molecule is CCCCC(=O)C[C@@H](C)Nc1ccc(C(=O)NCCC2CC2)cc1C. The first kappa shape index (κ1) is 19.5. The second kappa shape index (κ2) is 9.59. The molecule has 1 aliphatic rings. The van der Waals surface area contributed by atoms with E-state index >= 15 is 0 Å². The monoisotopic (exact) mass is 344 g/mol. The summed E-state index contributed by atoms with van der Waals surface area (Å²) in [6, 6.07) is 5.81. The molecule has 4 heteroatoms. The average Bonchev–Trinajstić information content (AvgIpc) is 3.39. The molecule has 1 atom stereocenters. The normalized spacial score (nSPS) is 14.8. The van der Waals surface area contributed by atoms with Gasteiger partial charge in [0.05, 0.1) is 0 Å². The highest BCUT2D eigenvalue weighted by atomic mass is 16.1. The molecule has 0 radical (unpaired) electrons. The molecule has 1 aliphatic carbocycles. The van der Waals surface area contributed by atoms with Gasteiger partial charge in [-0.3, -0.25) is 9.59 Å². The van der Waals surface area contributed by atoms with E-state index in [1.54, 1.807) is 0 Å². The maximum absolute atomic E-state index is 12.2. The van der Waals surface area contributed by atoms with Crippen molar-refractivity contribution in [3.63, 3.8) is 0 Å². The van der Waals surface area contributed by atoms with E-state index in [9.17, 15) is 9.59 Å². The van der Waals surface area contributed by atoms with E-state index in [1.807, 2.05) is 32.0 Å². The van der Waals surface area contributed by atoms with Crippen molar-refractivity contribution in [1.82, 2.24) is 5.32 Å². The molecule has 2 rings (SSSR count). The number of carbonyl (C=O) groups excluding carboxylic acids is 2. The molecule has 0 spiro atoms. The third-order valence-corrected chi connectivity index (χ3v) is 4.77. The van der Waals surface area contributed by atoms with Crippen LogP contribution in [0.5, 0.6) is 0 Å². The van der Waals surface area contributed by atoms with Crippen LogP contribution in [0.2, 0.25) is 0 Å². The summed E-state index contributed by atoms with van der Waals surface area (Å²) in [4.78, 5) is 24.1. The predicted octanol–water partition coefficient (Wildman–Crippen LogP) is 4.47. The number of benzene rings is 1. The predicted molar refractivity (Wildman–Crippen MR) is 103 cm³/mol. The molecule has 1 fully saturated rings. The lowest BCUT2D eigenvalue weighted by molar-refractivity contribution is -0.119. The lowest BCUT2D eigenvalue weighted by Gasteiger charge is -2.17. The van der Waals surface area contributed by atoms with Gasteiger partial charge in [0.25, 0.3) is 5.91 Å². The van der Waals surface area contributed by atoms with Gasteiger partial charge in [-0.2, -0.15) is 0 Å². The lowest BCUT2D eigenvalue weighted by Crippen LogP contribution is -2.25. The number of amides is 1. The van der Waals surface area contributed by atoms with Crippen LogP contribution in [0.1, 0.15) is 74.7 Å². The van der Waals surface area contributed by atoms with E-state index in [4.69, 9.17) is 0 Å². The quantitative estimate of drug-likeness (QED) is 0.622. The van der Waals surface area contributed by atoms with Gasteiger partial charge >= 0.3 is 0 Å². The number of nitrogens with one attached hydrogen (secondary N) is 2. The molecule has 0 unspecified atom stereocenters. The van der Waals surface area contributed by atoms with Crippen LogP contribution in [0.4, 0.5) is 5.69 Å². The topological polar surface area (TPSA) is 58.2 Å². The summed E-state index contributed by atoms with van der Waals surface area (Å²) >= 11 is 0. The summed E-state index contributed by atoms with van der Waals surface area (Å²) in [6.45, 7) is 6.89. The molecule has 1 aromatic rings. The number of carbonyl (C=O) groups is 2. The van der Waals surface area contributed by atoms with Crippen molar-refractivity contribution < 1.29 is 9.59 Å². The van der Waals surface area contributed by atoms with Crippen LogP contribution in [0.25, 0.3) is 0 Å². The number of hydrogen-bond acceptors (Lipinski definition) is 3. The van der Waals surface area contributed by atoms with E-state index in [-0.39, 0.29) is 11.9 Å². The molecule has 1 amide bonds. The van der Waals surface area contributed by atoms with Gasteiger partial charge in [-0.15, -0.1) is 0 Å². The molecule has 1 saturated carbocycles. The van der Waals surface area contributed by atoms with Crippen LogP contribution in [-0.4, -0.2) is 24.3 Å². The molecule has 2 N–H and O–H groups in total. The summed E-state index contributed by atoms with van der Waals surface area (Å²) in [5.41, 5.74) is 2.72. The number of hydrogen-bond donors (Lipinski definition) is 2. The zero-order chi connectivity index (χ0) is 18.2. The molecule has 4 nitrogen and oxygen atoms in total. The number of anilines is 1. The van der Waals surface area contributed by atoms with Crippen molar-refractivity contribution in [2.24, 2.45) is 5.92 Å². The van der Waals surface area contributed by atoms with E-state index in [0.717, 1.165) is 43.0 Å². The van der Waals surface area contributed by atoms with Gasteiger partial charge in [0, 0.05) is 36.7 Å². The lowest BCUT2D eigenvalue weighted by atomic mass is 10.0. The summed E-state index contributed by atoms with van der Waals surface area (Å²) < 4.78 is 0. The first-order chi connectivity index (χ1) is 12.0. The van der Waals surface area contributed by atoms with Crippen LogP contribution in [0.3, 0.4) is 0 Å². The summed E-state index contributed by atoms with van der Waals surface area (Å²) in [7, 11) is 0. The van der Waals surface area contributed by atoms with Crippen molar-refractivity contribution in [2.75, 3.05) is 11.9 Å². The first-order valence-corrected chi connectivity index (χ1v) is 9.66. The van der Waals surface area contributed by atoms with Gasteiger partial charge in [-0.25, -0.2) is 0 Å².